The summed E-state index contributed by atoms with van der Waals surface area (Å²) >= 11 is 0. The first kappa shape index (κ1) is 31.1. The Labute approximate surface area is 236 Å². The quantitative estimate of drug-likeness (QED) is 0.315. The molecule has 12 atom stereocenters. The molecule has 5 rings (SSSR count). The summed E-state index contributed by atoms with van der Waals surface area (Å²) in [6.45, 7) is 16.5. The van der Waals surface area contributed by atoms with Gasteiger partial charge in [-0.05, 0) is 123 Å². The van der Waals surface area contributed by atoms with Crippen LogP contribution in [0.1, 0.15) is 113 Å². The van der Waals surface area contributed by atoms with E-state index in [1.54, 1.807) is 13.8 Å². The van der Waals surface area contributed by atoms with E-state index in [0.717, 1.165) is 38.5 Å². The van der Waals surface area contributed by atoms with Crippen molar-refractivity contribution in [2.45, 2.75) is 143 Å². The molecule has 5 aliphatic carbocycles. The molecule has 5 aliphatic rings. The fraction of sp³-hybridized carbons (Fsp3) is 0.969. The predicted octanol–water partition coefficient (Wildman–Crippen LogP) is 5.02. The highest BCUT2D eigenvalue weighted by Crippen LogP contribution is 2.89. The number of ether oxygens (including phenoxy) is 1. The molecule has 0 bridgehead atoms. The normalized spacial score (nSPS) is 48.3. The van der Waals surface area contributed by atoms with E-state index in [0.29, 0.717) is 37.0 Å². The van der Waals surface area contributed by atoms with Gasteiger partial charge in [-0.15, -0.1) is 0 Å². The molecular formula is C32H57NO6. The Bertz CT molecular complexity index is 917. The first-order valence-corrected chi connectivity index (χ1v) is 15.8. The van der Waals surface area contributed by atoms with E-state index in [9.17, 15) is 25.2 Å². The minimum atomic E-state index is -1.21. The molecule has 0 aliphatic heterocycles. The first-order chi connectivity index (χ1) is 18.1. The minimum Gasteiger partial charge on any atom is -0.443 e. The van der Waals surface area contributed by atoms with Crippen LogP contribution in [0.2, 0.25) is 0 Å². The van der Waals surface area contributed by atoms with Gasteiger partial charge in [-0.3, -0.25) is 0 Å². The highest BCUT2D eigenvalue weighted by atomic mass is 16.6. The predicted molar refractivity (Wildman–Crippen MR) is 152 cm³/mol. The van der Waals surface area contributed by atoms with Gasteiger partial charge in [0, 0.05) is 0 Å². The second kappa shape index (κ2) is 10.1. The Morgan fingerprint density at radius 2 is 1.64 bits per heavy atom. The fourth-order valence-electron chi connectivity index (χ4n) is 11.5. The molecule has 0 aromatic heterocycles. The zero-order valence-electron chi connectivity index (χ0n) is 25.7. The Hall–Kier alpha value is -0.890. The second-order valence-corrected chi connectivity index (χ2v) is 15.0. The van der Waals surface area contributed by atoms with E-state index >= 15 is 0 Å². The Balaban J connectivity index is 0.00000172. The maximum absolute atomic E-state index is 11.6. The molecular weight excluding hydrogens is 494 g/mol. The molecule has 2 spiro atoms. The lowest BCUT2D eigenvalue weighted by Crippen LogP contribution is -2.55. The molecule has 6 N–H and O–H groups in total. The van der Waals surface area contributed by atoms with Gasteiger partial charge in [0.05, 0.1) is 23.9 Å². The Kier molecular flexibility index (Phi) is 8.07. The summed E-state index contributed by atoms with van der Waals surface area (Å²) in [4.78, 5) is 11.4. The molecule has 0 radical (unpaired) electrons. The van der Waals surface area contributed by atoms with Crippen molar-refractivity contribution >= 4 is 6.09 Å². The van der Waals surface area contributed by atoms with Crippen molar-refractivity contribution in [3.63, 3.8) is 0 Å². The van der Waals surface area contributed by atoms with Crippen LogP contribution in [-0.4, -0.2) is 56.5 Å². The molecule has 7 nitrogen and oxygen atoms in total. The third-order valence-electron chi connectivity index (χ3n) is 13.2. The highest BCUT2D eigenvalue weighted by molar-refractivity contribution is 5.64. The molecule has 3 unspecified atom stereocenters. The number of amides is 1. The zero-order valence-corrected chi connectivity index (χ0v) is 25.7. The number of hydrogen-bond acceptors (Lipinski definition) is 6. The molecule has 226 valence electrons. The van der Waals surface area contributed by atoms with Crippen molar-refractivity contribution in [2.75, 3.05) is 0 Å². The molecule has 39 heavy (non-hydrogen) atoms. The first-order valence-electron chi connectivity index (χ1n) is 15.8. The molecule has 0 aromatic rings. The lowest BCUT2D eigenvalue weighted by Gasteiger charge is -2.59. The van der Waals surface area contributed by atoms with E-state index in [1.165, 1.54) is 0 Å². The zero-order chi connectivity index (χ0) is 29.3. The molecule has 0 saturated heterocycles. The lowest BCUT2D eigenvalue weighted by molar-refractivity contribution is -0.142. The van der Waals surface area contributed by atoms with Gasteiger partial charge in [0.2, 0.25) is 0 Å². The van der Waals surface area contributed by atoms with Gasteiger partial charge in [-0.1, -0.05) is 41.5 Å². The van der Waals surface area contributed by atoms with Crippen LogP contribution in [0.25, 0.3) is 0 Å². The summed E-state index contributed by atoms with van der Waals surface area (Å²) in [6.07, 6.45) is 4.75. The number of fused-ring (bicyclic) bond motifs is 2. The maximum Gasteiger partial charge on any atom is 0.404 e. The van der Waals surface area contributed by atoms with Crippen LogP contribution in [0.15, 0.2) is 0 Å². The Morgan fingerprint density at radius 3 is 2.23 bits per heavy atom. The third kappa shape index (κ3) is 4.22. The standard InChI is InChI=1S/C30H51NO6.C2H6/c1-16-29-15-14-28(6)18(8-7-9-21(27(4,5)36)37-25(31)35)23(33)24(34)22(28)17(29)10-11-19-26(2,3)20(32)12-13-30(16,19)29;1-2/h16-24,32-34,36H,7-15H2,1-6H3,(H2,31,35);1-2H3/t16-,17-,18-,19?,20-,21-,22?,23-,24+,28+,29-,30?;/m0./s1. The fourth-order valence-corrected chi connectivity index (χ4v) is 11.5. The van der Waals surface area contributed by atoms with E-state index in [2.05, 4.69) is 27.7 Å². The van der Waals surface area contributed by atoms with Gasteiger partial charge in [0.25, 0.3) is 0 Å². The number of aliphatic hydroxyl groups excluding tert-OH is 3. The highest BCUT2D eigenvalue weighted by Gasteiger charge is 2.85. The van der Waals surface area contributed by atoms with E-state index in [-0.39, 0.29) is 39.6 Å². The number of carbonyl (C=O) groups excluding carboxylic acids is 1. The van der Waals surface area contributed by atoms with Crippen LogP contribution in [0.5, 0.6) is 0 Å². The van der Waals surface area contributed by atoms with Crippen molar-refractivity contribution in [1.29, 1.82) is 0 Å². The molecule has 1 amide bonds. The number of primary amides is 1. The van der Waals surface area contributed by atoms with Crippen LogP contribution in [0.3, 0.4) is 0 Å². The number of carbonyl (C=O) groups is 1. The monoisotopic (exact) mass is 551 g/mol. The maximum atomic E-state index is 11.6. The summed E-state index contributed by atoms with van der Waals surface area (Å²) in [5, 5.41) is 44.3. The summed E-state index contributed by atoms with van der Waals surface area (Å²) in [6, 6.07) is 0. The molecule has 0 heterocycles. The second-order valence-electron chi connectivity index (χ2n) is 15.0. The van der Waals surface area contributed by atoms with Gasteiger partial charge < -0.3 is 30.9 Å². The van der Waals surface area contributed by atoms with Crippen LogP contribution in [0, 0.1) is 51.2 Å². The van der Waals surface area contributed by atoms with Crippen LogP contribution in [0.4, 0.5) is 4.79 Å². The minimum absolute atomic E-state index is 0.0340. The number of aliphatic hydroxyl groups is 4. The van der Waals surface area contributed by atoms with Crippen molar-refractivity contribution < 1.29 is 30.0 Å². The largest absolute Gasteiger partial charge is 0.443 e. The summed E-state index contributed by atoms with van der Waals surface area (Å²) in [5.41, 5.74) is 4.27. The van der Waals surface area contributed by atoms with Crippen molar-refractivity contribution in [3.8, 4) is 0 Å². The van der Waals surface area contributed by atoms with Crippen molar-refractivity contribution in [1.82, 2.24) is 0 Å². The van der Waals surface area contributed by atoms with Crippen LogP contribution in [-0.2, 0) is 4.74 Å². The van der Waals surface area contributed by atoms with Crippen molar-refractivity contribution in [2.24, 2.45) is 57.0 Å². The molecule has 5 fully saturated rings. The van der Waals surface area contributed by atoms with Crippen LogP contribution >= 0.6 is 0 Å². The van der Waals surface area contributed by atoms with Gasteiger partial charge >= 0.3 is 6.09 Å². The smallest absolute Gasteiger partial charge is 0.404 e. The third-order valence-corrected chi connectivity index (χ3v) is 13.2. The van der Waals surface area contributed by atoms with E-state index < -0.39 is 30.0 Å². The average Bonchev–Trinajstić information content (AvgIpc) is 3.32. The number of rotatable bonds is 6. The lowest BCUT2D eigenvalue weighted by atomic mass is 9.46. The van der Waals surface area contributed by atoms with Gasteiger partial charge in [0.15, 0.2) is 0 Å². The van der Waals surface area contributed by atoms with Gasteiger partial charge in [-0.2, -0.15) is 0 Å². The molecule has 7 heteroatoms. The summed E-state index contributed by atoms with van der Waals surface area (Å²) in [5.74, 6) is 1.55. The average molecular weight is 552 g/mol. The number of hydrogen-bond donors (Lipinski definition) is 5. The summed E-state index contributed by atoms with van der Waals surface area (Å²) < 4.78 is 5.19. The molecule has 0 aromatic carbocycles. The van der Waals surface area contributed by atoms with Gasteiger partial charge in [-0.25, -0.2) is 4.79 Å². The summed E-state index contributed by atoms with van der Waals surface area (Å²) in [7, 11) is 0. The SMILES string of the molecule is CC.C[C@@H]1C23CC[C@H](O)C(C)(C)C2CC[C@H]2C4[C@@H](O)[C@@H](O)[C@H](CCC[C@H](OC(N)=O)C(C)(C)O)[C@@]4(C)CC[C@]123. The Morgan fingerprint density at radius 1 is 1.00 bits per heavy atom. The van der Waals surface area contributed by atoms with Gasteiger partial charge in [0.1, 0.15) is 6.10 Å². The molecule has 5 saturated carbocycles. The van der Waals surface area contributed by atoms with E-state index in [1.807, 2.05) is 13.8 Å². The topological polar surface area (TPSA) is 133 Å². The van der Waals surface area contributed by atoms with Crippen LogP contribution < -0.4 is 5.73 Å². The van der Waals surface area contributed by atoms with Crippen molar-refractivity contribution in [3.05, 3.63) is 0 Å². The number of nitrogens with two attached hydrogens (primary N) is 1. The van der Waals surface area contributed by atoms with E-state index in [4.69, 9.17) is 10.5 Å².